The molecule has 4 amide bonds. The molecule has 4 aromatic carbocycles. The molecule has 0 saturated carbocycles. The second-order valence-electron chi connectivity index (χ2n) is 22.1. The van der Waals surface area contributed by atoms with E-state index in [9.17, 15) is 33.9 Å². The van der Waals surface area contributed by atoms with Crippen molar-refractivity contribution in [3.8, 4) is 22.3 Å². The van der Waals surface area contributed by atoms with Crippen LogP contribution < -0.4 is 10.6 Å². The number of hydrogen-bond donors (Lipinski definition) is 3. The Kier molecular flexibility index (Phi) is 19.4. The lowest BCUT2D eigenvalue weighted by molar-refractivity contribution is -0.902. The van der Waals surface area contributed by atoms with E-state index < -0.39 is 48.0 Å². The predicted octanol–water partition coefficient (Wildman–Crippen LogP) is 7.60. The molecule has 0 radical (unpaired) electrons. The van der Waals surface area contributed by atoms with Gasteiger partial charge < -0.3 is 39.0 Å². The van der Waals surface area contributed by atoms with Crippen LogP contribution in [0.15, 0.2) is 109 Å². The standard InChI is InChI=1S/C32H38N6O6.C28H35N5O4/c1-4-38(2,3)20-22-19-36(35-34-22)18-10-9-15-28(31(41)44-37-29(39)16-17-30(37)40)33-32(42)43-21-27-25-13-7-5-11-23(25)24-12-6-8-14-26(24)27;1-4-33(2,3)18-20-17-32(31-30-20)16-10-9-15-26(27(34)35)29-28(36)37-19-25-23-13-7-5-11-21(23)22-12-6-8-14-24(22)25/h5-8,11-14,19,27-28H,4,9-10,15-18,20-21H2,1-3H3;5-8,11-14,17,25-26H,4,9-10,15-16,18-19H2,1-3H3,(H-,29,34,35,36)/p+2/t28-;26-/m00/s1. The summed E-state index contributed by atoms with van der Waals surface area (Å²) in [5.74, 6) is -3.37. The van der Waals surface area contributed by atoms with Crippen molar-refractivity contribution >= 4 is 35.9 Å². The third-order valence-corrected chi connectivity index (χ3v) is 15.4. The summed E-state index contributed by atoms with van der Waals surface area (Å²) in [7, 11) is 8.56. The molecule has 2 aliphatic carbocycles. The maximum Gasteiger partial charge on any atom is 0.407 e. The number of nitrogens with one attached hydrogen (secondary N) is 2. The molecule has 6 aromatic rings. The summed E-state index contributed by atoms with van der Waals surface area (Å²) in [6.07, 6.45) is 5.34. The van der Waals surface area contributed by atoms with Crippen LogP contribution in [0.2, 0.25) is 0 Å². The third-order valence-electron chi connectivity index (χ3n) is 15.4. The molecule has 1 aliphatic heterocycles. The number of aliphatic carboxylic acids is 1. The Morgan fingerprint density at radius 1 is 0.580 bits per heavy atom. The van der Waals surface area contributed by atoms with Gasteiger partial charge in [0.1, 0.15) is 49.8 Å². The van der Waals surface area contributed by atoms with E-state index in [0.717, 1.165) is 97.5 Å². The largest absolute Gasteiger partial charge is 0.480 e. The van der Waals surface area contributed by atoms with Crippen LogP contribution in [-0.2, 0) is 59.7 Å². The van der Waals surface area contributed by atoms with Crippen LogP contribution in [0.3, 0.4) is 0 Å². The lowest BCUT2D eigenvalue weighted by Gasteiger charge is -2.26. The Hall–Kier alpha value is -8.30. The smallest absolute Gasteiger partial charge is 0.407 e. The molecule has 0 unspecified atom stereocenters. The molecule has 2 aromatic heterocycles. The van der Waals surface area contributed by atoms with Crippen molar-refractivity contribution in [1.82, 2.24) is 45.7 Å². The van der Waals surface area contributed by atoms with Gasteiger partial charge in [0.25, 0.3) is 11.8 Å². The van der Waals surface area contributed by atoms with Gasteiger partial charge in [-0.3, -0.25) is 19.0 Å². The molecule has 3 N–H and O–H groups in total. The molecular formula is C60H75N11O10+2. The molecule has 0 bridgehead atoms. The van der Waals surface area contributed by atoms with Crippen molar-refractivity contribution in [2.24, 2.45) is 0 Å². The zero-order chi connectivity index (χ0) is 57.7. The highest BCUT2D eigenvalue weighted by molar-refractivity contribution is 6.02. The van der Waals surface area contributed by atoms with E-state index in [1.54, 1.807) is 9.36 Å². The average molecular weight is 1110 g/mol. The van der Waals surface area contributed by atoms with Gasteiger partial charge in [-0.1, -0.05) is 107 Å². The molecular weight excluding hydrogens is 1030 g/mol. The molecule has 21 heteroatoms. The number of carbonyl (C=O) groups excluding carboxylic acids is 5. The summed E-state index contributed by atoms with van der Waals surface area (Å²) in [4.78, 5) is 79.5. The number of ether oxygens (including phenoxy) is 2. The second-order valence-corrected chi connectivity index (χ2v) is 22.1. The molecule has 3 aliphatic rings. The van der Waals surface area contributed by atoms with Crippen LogP contribution in [0, 0.1) is 0 Å². The van der Waals surface area contributed by atoms with Crippen LogP contribution in [0.25, 0.3) is 22.3 Å². The van der Waals surface area contributed by atoms with Gasteiger partial charge >= 0.3 is 24.1 Å². The Morgan fingerprint density at radius 3 is 1.33 bits per heavy atom. The molecule has 81 heavy (non-hydrogen) atoms. The zero-order valence-corrected chi connectivity index (χ0v) is 47.2. The molecule has 0 spiro atoms. The van der Waals surface area contributed by atoms with Crippen LogP contribution in [0.1, 0.15) is 111 Å². The molecule has 2 atom stereocenters. The fourth-order valence-electron chi connectivity index (χ4n) is 10.3. The Labute approximate surface area is 472 Å². The van der Waals surface area contributed by atoms with Crippen molar-refractivity contribution in [1.29, 1.82) is 0 Å². The van der Waals surface area contributed by atoms with E-state index in [1.165, 1.54) is 0 Å². The summed E-state index contributed by atoms with van der Waals surface area (Å²) < 4.78 is 16.3. The Balaban J connectivity index is 0.000000216. The zero-order valence-electron chi connectivity index (χ0n) is 47.2. The van der Waals surface area contributed by atoms with Gasteiger partial charge in [-0.2, -0.15) is 0 Å². The van der Waals surface area contributed by atoms with Crippen molar-refractivity contribution in [2.45, 2.75) is 115 Å². The minimum absolute atomic E-state index is 0.0230. The van der Waals surface area contributed by atoms with E-state index in [-0.39, 0.29) is 44.3 Å². The Bertz CT molecular complexity index is 3080. The maximum atomic E-state index is 13.1. The number of rotatable bonds is 25. The Morgan fingerprint density at radius 2 is 0.951 bits per heavy atom. The molecule has 21 nitrogen and oxygen atoms in total. The number of amides is 4. The van der Waals surface area contributed by atoms with Crippen molar-refractivity contribution in [2.75, 3.05) is 54.5 Å². The number of imide groups is 1. The number of carbonyl (C=O) groups is 6. The molecule has 9 rings (SSSR count). The van der Waals surface area contributed by atoms with Crippen molar-refractivity contribution < 1.29 is 57.2 Å². The number of aromatic nitrogens is 6. The van der Waals surface area contributed by atoms with Crippen molar-refractivity contribution in [3.63, 3.8) is 0 Å². The molecule has 1 fully saturated rings. The van der Waals surface area contributed by atoms with Gasteiger partial charge in [0.15, 0.2) is 0 Å². The number of alkyl carbamates (subject to hydrolysis) is 2. The SMILES string of the molecule is CC[N+](C)(C)Cc1cn(CCCC[C@H](NC(=O)OCC2c3ccccc3-c3ccccc32)C(=O)O)nn1.CC[N+](C)(C)Cc1cn(CCCC[C@H](NC(=O)OCC2c3ccccc3-c3ccccc32)C(=O)ON2C(=O)CCC2=O)nn1. The normalized spacial score (nSPS) is 14.5. The number of hydroxylamine groups is 2. The minimum atomic E-state index is -1.12. The number of benzene rings is 4. The van der Waals surface area contributed by atoms with E-state index in [4.69, 9.17) is 14.3 Å². The number of quaternary nitrogens is 2. The number of nitrogens with zero attached hydrogens (tertiary/aromatic N) is 9. The fraction of sp³-hybridized carbons (Fsp3) is 0.433. The quantitative estimate of drug-likeness (QED) is 0.0284. The van der Waals surface area contributed by atoms with Crippen LogP contribution >= 0.6 is 0 Å². The van der Waals surface area contributed by atoms with E-state index in [1.807, 2.05) is 97.3 Å². The fourth-order valence-corrected chi connectivity index (χ4v) is 10.3. The lowest BCUT2D eigenvalue weighted by Crippen LogP contribution is -2.45. The minimum Gasteiger partial charge on any atom is -0.480 e. The highest BCUT2D eigenvalue weighted by Gasteiger charge is 2.36. The summed E-state index contributed by atoms with van der Waals surface area (Å²) in [5, 5.41) is 32.1. The first kappa shape index (κ1) is 58.8. The van der Waals surface area contributed by atoms with Gasteiger partial charge in [-0.05, 0) is 96.9 Å². The monoisotopic (exact) mass is 1110 g/mol. The van der Waals surface area contributed by atoms with E-state index in [0.29, 0.717) is 43.8 Å². The first-order valence-corrected chi connectivity index (χ1v) is 27.9. The number of aryl methyl sites for hydroxylation is 2. The molecule has 428 valence electrons. The number of carboxylic acid groups (broad SMARTS) is 1. The maximum absolute atomic E-state index is 13.1. The van der Waals surface area contributed by atoms with E-state index >= 15 is 0 Å². The van der Waals surface area contributed by atoms with Crippen LogP contribution in [0.4, 0.5) is 9.59 Å². The van der Waals surface area contributed by atoms with Crippen LogP contribution in [-0.4, -0.2) is 152 Å². The first-order chi connectivity index (χ1) is 38.9. The summed E-state index contributed by atoms with van der Waals surface area (Å²) in [6, 6.07) is 30.0. The number of unbranched alkanes of at least 4 members (excludes halogenated alkanes) is 2. The first-order valence-electron chi connectivity index (χ1n) is 27.9. The van der Waals surface area contributed by atoms with Gasteiger partial charge in [0.2, 0.25) is 0 Å². The highest BCUT2D eigenvalue weighted by atomic mass is 16.7. The van der Waals surface area contributed by atoms with Crippen LogP contribution in [0.5, 0.6) is 0 Å². The summed E-state index contributed by atoms with van der Waals surface area (Å²) in [5.41, 5.74) is 10.7. The second kappa shape index (κ2) is 26.8. The van der Waals surface area contributed by atoms with Gasteiger partial charge in [-0.25, -0.2) is 19.2 Å². The lowest BCUT2D eigenvalue weighted by atomic mass is 9.98. The average Bonchev–Trinajstić information content (AvgIpc) is 4.47. The van der Waals surface area contributed by atoms with Gasteiger partial charge in [-0.15, -0.1) is 15.3 Å². The summed E-state index contributed by atoms with van der Waals surface area (Å²) >= 11 is 0. The number of carboxylic acids is 1. The van der Waals surface area contributed by atoms with Crippen molar-refractivity contribution in [3.05, 3.63) is 143 Å². The number of hydrogen-bond acceptors (Lipinski definition) is 13. The topological polar surface area (TPSA) is 239 Å². The molecule has 1 saturated heterocycles. The molecule has 3 heterocycles. The van der Waals surface area contributed by atoms with Gasteiger partial charge in [0.05, 0.1) is 53.7 Å². The third kappa shape index (κ3) is 15.3. The van der Waals surface area contributed by atoms with E-state index in [2.05, 4.69) is 85.4 Å². The number of fused-ring (bicyclic) bond motifs is 6. The highest BCUT2D eigenvalue weighted by Crippen LogP contribution is 2.45. The predicted molar refractivity (Wildman–Crippen MR) is 299 cm³/mol. The van der Waals surface area contributed by atoms with Gasteiger partial charge in [0, 0.05) is 37.8 Å². The summed E-state index contributed by atoms with van der Waals surface area (Å²) in [6.45, 7) is 9.24.